The lowest BCUT2D eigenvalue weighted by atomic mass is 10.1. The molecule has 2 aromatic rings. The Balaban J connectivity index is 1.83. The van der Waals surface area contributed by atoms with Gasteiger partial charge in [0.05, 0.1) is 23.0 Å². The van der Waals surface area contributed by atoms with E-state index in [-0.39, 0.29) is 17.4 Å². The van der Waals surface area contributed by atoms with Gasteiger partial charge in [-0.2, -0.15) is 5.26 Å². The predicted octanol–water partition coefficient (Wildman–Crippen LogP) is 1.36. The number of hydrogen-bond acceptors (Lipinski definition) is 5. The zero-order valence-electron chi connectivity index (χ0n) is 11.7. The van der Waals surface area contributed by atoms with Crippen molar-refractivity contribution < 1.29 is 4.39 Å². The van der Waals surface area contributed by atoms with Crippen molar-refractivity contribution >= 4 is 11.6 Å². The van der Waals surface area contributed by atoms with Crippen LogP contribution in [0.1, 0.15) is 23.6 Å². The molecule has 1 fully saturated rings. The van der Waals surface area contributed by atoms with Gasteiger partial charge in [-0.3, -0.25) is 9.78 Å². The van der Waals surface area contributed by atoms with E-state index in [9.17, 15) is 9.18 Å². The summed E-state index contributed by atoms with van der Waals surface area (Å²) < 4.78 is 14.1. The molecule has 1 aliphatic rings. The predicted molar refractivity (Wildman–Crippen MR) is 80.0 cm³/mol. The largest absolute Gasteiger partial charge is 0.369 e. The molecule has 3 rings (SSSR count). The fraction of sp³-hybridized carbons (Fsp3) is 0.267. The van der Waals surface area contributed by atoms with E-state index in [0.717, 1.165) is 6.42 Å². The first-order valence-corrected chi connectivity index (χ1v) is 6.88. The number of anilines is 2. The fourth-order valence-corrected chi connectivity index (χ4v) is 2.76. The van der Waals surface area contributed by atoms with Crippen molar-refractivity contribution in [1.82, 2.24) is 9.97 Å². The molecule has 3 N–H and O–H groups in total. The van der Waals surface area contributed by atoms with E-state index in [4.69, 9.17) is 11.0 Å². The van der Waals surface area contributed by atoms with Crippen LogP contribution in [0.4, 0.5) is 16.0 Å². The Morgan fingerprint density at radius 1 is 1.45 bits per heavy atom. The Labute approximate surface area is 126 Å². The highest BCUT2D eigenvalue weighted by Crippen LogP contribution is 2.31. The summed E-state index contributed by atoms with van der Waals surface area (Å²) in [6.45, 7) is 1.21. The Kier molecular flexibility index (Phi) is 3.51. The van der Waals surface area contributed by atoms with Gasteiger partial charge in [0, 0.05) is 25.1 Å². The fourth-order valence-electron chi connectivity index (χ4n) is 2.76. The highest BCUT2D eigenvalue weighted by atomic mass is 19.1. The van der Waals surface area contributed by atoms with Crippen LogP contribution in [0.15, 0.2) is 29.1 Å². The van der Waals surface area contributed by atoms with Gasteiger partial charge in [-0.15, -0.1) is 0 Å². The topological polar surface area (TPSA) is 98.8 Å². The smallest absolute Gasteiger partial charge is 0.252 e. The molecular formula is C15H14FN5O. The average molecular weight is 299 g/mol. The highest BCUT2D eigenvalue weighted by molar-refractivity contribution is 5.52. The standard InChI is InChI=1S/C15H14FN5O/c16-11-5-9(7-17)1-2-13(11)21-4-3-10(8-21)12-6-14(22)20-15(18)19-12/h1-2,5-6,10H,3-4,8H2,(H3,18,19,20,22). The summed E-state index contributed by atoms with van der Waals surface area (Å²) in [6.07, 6.45) is 0.759. The molecule has 1 aromatic heterocycles. The number of nitriles is 1. The van der Waals surface area contributed by atoms with E-state index in [0.29, 0.717) is 30.0 Å². The van der Waals surface area contributed by atoms with Crippen LogP contribution in [0.25, 0.3) is 0 Å². The molecule has 0 saturated carbocycles. The monoisotopic (exact) mass is 299 g/mol. The van der Waals surface area contributed by atoms with Gasteiger partial charge in [0.1, 0.15) is 5.82 Å². The van der Waals surface area contributed by atoms with Crippen LogP contribution in [0, 0.1) is 17.1 Å². The van der Waals surface area contributed by atoms with E-state index >= 15 is 0 Å². The number of hydrogen-bond donors (Lipinski definition) is 2. The van der Waals surface area contributed by atoms with Crippen molar-refractivity contribution in [1.29, 1.82) is 5.26 Å². The van der Waals surface area contributed by atoms with E-state index in [1.807, 2.05) is 11.0 Å². The van der Waals surface area contributed by atoms with Crippen molar-refractivity contribution in [3.8, 4) is 6.07 Å². The summed E-state index contributed by atoms with van der Waals surface area (Å²) >= 11 is 0. The third kappa shape index (κ3) is 2.63. The number of halogens is 1. The first-order valence-electron chi connectivity index (χ1n) is 6.88. The molecule has 1 aromatic carbocycles. The maximum Gasteiger partial charge on any atom is 0.252 e. The third-order valence-electron chi connectivity index (χ3n) is 3.80. The molecule has 0 spiro atoms. The van der Waals surface area contributed by atoms with E-state index in [1.165, 1.54) is 12.1 Å². The second-order valence-electron chi connectivity index (χ2n) is 5.27. The lowest BCUT2D eigenvalue weighted by Gasteiger charge is -2.19. The molecule has 1 saturated heterocycles. The van der Waals surface area contributed by atoms with Crippen LogP contribution >= 0.6 is 0 Å². The minimum absolute atomic E-state index is 0.0274. The molecule has 2 heterocycles. The molecule has 0 bridgehead atoms. The van der Waals surface area contributed by atoms with Crippen molar-refractivity contribution in [2.24, 2.45) is 0 Å². The SMILES string of the molecule is N#Cc1ccc(N2CCC(c3cc(=O)[nH]c(N)n3)C2)c(F)c1. The summed E-state index contributed by atoms with van der Waals surface area (Å²) in [7, 11) is 0. The molecule has 0 amide bonds. The number of H-pyrrole nitrogens is 1. The number of nitrogens with one attached hydrogen (secondary N) is 1. The highest BCUT2D eigenvalue weighted by Gasteiger charge is 2.27. The summed E-state index contributed by atoms with van der Waals surface area (Å²) in [5.74, 6) is -0.303. The number of nitrogens with two attached hydrogens (primary N) is 1. The van der Waals surface area contributed by atoms with E-state index < -0.39 is 5.82 Å². The molecule has 112 valence electrons. The Morgan fingerprint density at radius 3 is 2.95 bits per heavy atom. The van der Waals surface area contributed by atoms with Crippen molar-refractivity contribution in [2.75, 3.05) is 23.7 Å². The lowest BCUT2D eigenvalue weighted by Crippen LogP contribution is -2.21. The van der Waals surface area contributed by atoms with Gasteiger partial charge in [0.25, 0.3) is 5.56 Å². The first-order chi connectivity index (χ1) is 10.6. The molecule has 0 radical (unpaired) electrons. The average Bonchev–Trinajstić information content (AvgIpc) is 2.95. The van der Waals surface area contributed by atoms with Crippen molar-refractivity contribution in [3.05, 3.63) is 51.7 Å². The van der Waals surface area contributed by atoms with Gasteiger partial charge in [0.15, 0.2) is 0 Å². The number of nitrogens with zero attached hydrogens (tertiary/aromatic N) is 3. The number of benzene rings is 1. The summed E-state index contributed by atoms with van der Waals surface area (Å²) in [4.78, 5) is 19.9. The lowest BCUT2D eigenvalue weighted by molar-refractivity contribution is 0.622. The molecular weight excluding hydrogens is 285 g/mol. The van der Waals surface area contributed by atoms with Gasteiger partial charge < -0.3 is 10.6 Å². The normalized spacial score (nSPS) is 17.5. The Bertz CT molecular complexity index is 810. The molecule has 0 aliphatic carbocycles. The number of rotatable bonds is 2. The van der Waals surface area contributed by atoms with Gasteiger partial charge in [-0.1, -0.05) is 0 Å². The van der Waals surface area contributed by atoms with Gasteiger partial charge in [-0.25, -0.2) is 9.37 Å². The quantitative estimate of drug-likeness (QED) is 0.872. The second-order valence-corrected chi connectivity index (χ2v) is 5.27. The zero-order valence-corrected chi connectivity index (χ0v) is 11.7. The molecule has 1 unspecified atom stereocenters. The molecule has 6 nitrogen and oxygen atoms in total. The molecule has 1 atom stereocenters. The second kappa shape index (κ2) is 5.48. The summed E-state index contributed by atoms with van der Waals surface area (Å²) in [6, 6.07) is 7.77. The minimum Gasteiger partial charge on any atom is -0.369 e. The van der Waals surface area contributed by atoms with Crippen LogP contribution in [0.5, 0.6) is 0 Å². The first kappa shape index (κ1) is 14.1. The number of aromatic nitrogens is 2. The van der Waals surface area contributed by atoms with Crippen LogP contribution in [0.2, 0.25) is 0 Å². The zero-order chi connectivity index (χ0) is 15.7. The van der Waals surface area contributed by atoms with Crippen LogP contribution < -0.4 is 16.2 Å². The van der Waals surface area contributed by atoms with Crippen LogP contribution in [-0.2, 0) is 0 Å². The Morgan fingerprint density at radius 2 is 2.27 bits per heavy atom. The number of nitrogen functional groups attached to an aromatic ring is 1. The molecule has 1 aliphatic heterocycles. The van der Waals surface area contributed by atoms with Crippen molar-refractivity contribution in [3.63, 3.8) is 0 Å². The van der Waals surface area contributed by atoms with Gasteiger partial charge >= 0.3 is 0 Å². The summed E-state index contributed by atoms with van der Waals surface area (Å²) in [5, 5.41) is 8.78. The van der Waals surface area contributed by atoms with Gasteiger partial charge in [-0.05, 0) is 24.6 Å². The third-order valence-corrected chi connectivity index (χ3v) is 3.80. The van der Waals surface area contributed by atoms with Crippen LogP contribution in [-0.4, -0.2) is 23.1 Å². The molecule has 7 heteroatoms. The van der Waals surface area contributed by atoms with E-state index in [2.05, 4.69) is 9.97 Å². The Hall–Kier alpha value is -2.88. The van der Waals surface area contributed by atoms with Gasteiger partial charge in [0.2, 0.25) is 5.95 Å². The maximum absolute atomic E-state index is 14.1. The van der Waals surface area contributed by atoms with Crippen molar-refractivity contribution in [2.45, 2.75) is 12.3 Å². The van der Waals surface area contributed by atoms with E-state index in [1.54, 1.807) is 12.1 Å². The maximum atomic E-state index is 14.1. The molecule has 22 heavy (non-hydrogen) atoms. The summed E-state index contributed by atoms with van der Waals surface area (Å²) in [5.41, 5.74) is 6.64. The number of aromatic amines is 1. The minimum atomic E-state index is -0.418. The van der Waals surface area contributed by atoms with Crippen LogP contribution in [0.3, 0.4) is 0 Å².